The fourth-order valence-corrected chi connectivity index (χ4v) is 3.18. The summed E-state index contributed by atoms with van der Waals surface area (Å²) in [6, 6.07) is -1.12. The minimum absolute atomic E-state index is 0.0782. The van der Waals surface area contributed by atoms with Crippen molar-refractivity contribution in [2.24, 2.45) is 0 Å². The van der Waals surface area contributed by atoms with Crippen LogP contribution in [0, 0.1) is 0 Å². The molecule has 1 unspecified atom stereocenters. The van der Waals surface area contributed by atoms with Crippen molar-refractivity contribution in [3.8, 4) is 0 Å². The van der Waals surface area contributed by atoms with E-state index in [1.807, 2.05) is 0 Å². The van der Waals surface area contributed by atoms with E-state index in [2.05, 4.69) is 15.3 Å². The Labute approximate surface area is 104 Å². The van der Waals surface area contributed by atoms with Crippen LogP contribution in [0.25, 0.3) is 0 Å². The first-order chi connectivity index (χ1) is 8.53. The third kappa shape index (κ3) is 2.33. The molecule has 1 atom stereocenters. The molecule has 1 aliphatic heterocycles. The van der Waals surface area contributed by atoms with Crippen LogP contribution in [-0.2, 0) is 14.8 Å². The van der Waals surface area contributed by atoms with Crippen LogP contribution in [0.1, 0.15) is 0 Å². The molecule has 2 rings (SSSR count). The molecule has 0 amide bonds. The summed E-state index contributed by atoms with van der Waals surface area (Å²) >= 11 is 0. The van der Waals surface area contributed by atoms with E-state index < -0.39 is 22.0 Å². The average molecular weight is 272 g/mol. The van der Waals surface area contributed by atoms with Crippen molar-refractivity contribution in [2.75, 3.05) is 19.6 Å². The van der Waals surface area contributed by atoms with E-state index in [9.17, 15) is 13.2 Å². The van der Waals surface area contributed by atoms with Gasteiger partial charge in [-0.3, -0.25) is 9.78 Å². The molecule has 2 N–H and O–H groups in total. The van der Waals surface area contributed by atoms with Crippen molar-refractivity contribution >= 4 is 16.0 Å². The number of hydrogen-bond donors (Lipinski definition) is 2. The van der Waals surface area contributed by atoms with Crippen molar-refractivity contribution < 1.29 is 18.3 Å². The fraction of sp³-hybridized carbons (Fsp3) is 0.444. The Hall–Kier alpha value is -1.58. The van der Waals surface area contributed by atoms with Gasteiger partial charge in [0.05, 0.1) is 6.20 Å². The van der Waals surface area contributed by atoms with Gasteiger partial charge in [0.15, 0.2) is 5.03 Å². The summed E-state index contributed by atoms with van der Waals surface area (Å²) in [6.45, 7) is 0.577. The lowest BCUT2D eigenvalue weighted by Gasteiger charge is -2.31. The SMILES string of the molecule is O=C(O)C1CNCCN1S(=O)(=O)c1cnccn1. The summed E-state index contributed by atoms with van der Waals surface area (Å²) in [5.74, 6) is -1.19. The minimum Gasteiger partial charge on any atom is -0.480 e. The van der Waals surface area contributed by atoms with E-state index in [0.29, 0.717) is 6.54 Å². The maximum absolute atomic E-state index is 12.2. The molecule has 1 aliphatic rings. The lowest BCUT2D eigenvalue weighted by atomic mass is 10.2. The van der Waals surface area contributed by atoms with Crippen LogP contribution in [0.4, 0.5) is 0 Å². The average Bonchev–Trinajstić information content (AvgIpc) is 2.39. The number of hydrogen-bond acceptors (Lipinski definition) is 6. The van der Waals surface area contributed by atoms with Gasteiger partial charge in [0.1, 0.15) is 6.04 Å². The van der Waals surface area contributed by atoms with Crippen LogP contribution >= 0.6 is 0 Å². The molecule has 0 radical (unpaired) electrons. The van der Waals surface area contributed by atoms with E-state index in [1.54, 1.807) is 0 Å². The van der Waals surface area contributed by atoms with Gasteiger partial charge in [-0.25, -0.2) is 13.4 Å². The summed E-state index contributed by atoms with van der Waals surface area (Å²) in [6.07, 6.45) is 3.71. The number of aliphatic carboxylic acids is 1. The zero-order valence-electron chi connectivity index (χ0n) is 9.35. The van der Waals surface area contributed by atoms with E-state index in [-0.39, 0.29) is 18.1 Å². The van der Waals surface area contributed by atoms with Crippen molar-refractivity contribution in [3.05, 3.63) is 18.6 Å². The van der Waals surface area contributed by atoms with Crippen molar-refractivity contribution in [3.63, 3.8) is 0 Å². The van der Waals surface area contributed by atoms with Gasteiger partial charge in [0, 0.05) is 32.0 Å². The topological polar surface area (TPSA) is 112 Å². The van der Waals surface area contributed by atoms with Gasteiger partial charge >= 0.3 is 5.97 Å². The van der Waals surface area contributed by atoms with Crippen LogP contribution in [0.2, 0.25) is 0 Å². The van der Waals surface area contributed by atoms with Crippen LogP contribution in [-0.4, -0.2) is 59.4 Å². The minimum atomic E-state index is -3.92. The van der Waals surface area contributed by atoms with E-state index >= 15 is 0 Å². The lowest BCUT2D eigenvalue weighted by molar-refractivity contribution is -0.141. The maximum atomic E-state index is 12.2. The van der Waals surface area contributed by atoms with E-state index in [0.717, 1.165) is 10.5 Å². The third-order valence-electron chi connectivity index (χ3n) is 2.59. The number of carboxylic acids is 1. The van der Waals surface area contributed by atoms with Gasteiger partial charge in [-0.1, -0.05) is 0 Å². The molecular formula is C9H12N4O4S. The molecular weight excluding hydrogens is 260 g/mol. The number of piperazine rings is 1. The summed E-state index contributed by atoms with van der Waals surface area (Å²) < 4.78 is 25.4. The highest BCUT2D eigenvalue weighted by Crippen LogP contribution is 2.16. The first-order valence-electron chi connectivity index (χ1n) is 5.25. The number of carbonyl (C=O) groups is 1. The third-order valence-corrected chi connectivity index (χ3v) is 4.39. The van der Waals surface area contributed by atoms with Gasteiger partial charge in [-0.15, -0.1) is 0 Å². The normalized spacial score (nSPS) is 21.7. The molecule has 1 aromatic rings. The van der Waals surface area contributed by atoms with Gasteiger partial charge in [-0.2, -0.15) is 4.31 Å². The highest BCUT2D eigenvalue weighted by molar-refractivity contribution is 7.89. The quantitative estimate of drug-likeness (QED) is 0.690. The Bertz CT molecular complexity index is 533. The van der Waals surface area contributed by atoms with Crippen LogP contribution in [0.3, 0.4) is 0 Å². The van der Waals surface area contributed by atoms with Gasteiger partial charge < -0.3 is 10.4 Å². The standard InChI is InChI=1S/C9H12N4O4S/c14-9(15)7-5-11-3-4-13(7)18(16,17)8-6-10-1-2-12-8/h1-2,6-7,11H,3-5H2,(H,14,15). The molecule has 1 fully saturated rings. The molecule has 0 spiro atoms. The van der Waals surface area contributed by atoms with E-state index in [1.165, 1.54) is 12.4 Å². The first-order valence-corrected chi connectivity index (χ1v) is 6.69. The lowest BCUT2D eigenvalue weighted by Crippen LogP contribution is -2.56. The van der Waals surface area contributed by atoms with Crippen molar-refractivity contribution in [2.45, 2.75) is 11.1 Å². The number of nitrogens with one attached hydrogen (secondary N) is 1. The Morgan fingerprint density at radius 1 is 1.50 bits per heavy atom. The van der Waals surface area contributed by atoms with Crippen molar-refractivity contribution in [1.29, 1.82) is 0 Å². The number of nitrogens with zero attached hydrogens (tertiary/aromatic N) is 3. The number of aromatic nitrogens is 2. The summed E-state index contributed by atoms with van der Waals surface area (Å²) in [5.41, 5.74) is 0. The second-order valence-corrected chi connectivity index (χ2v) is 5.55. The predicted octanol–water partition coefficient (Wildman–Crippen LogP) is -1.48. The Balaban J connectivity index is 2.36. The summed E-state index contributed by atoms with van der Waals surface area (Å²) in [4.78, 5) is 18.5. The maximum Gasteiger partial charge on any atom is 0.323 e. The molecule has 0 aliphatic carbocycles. The highest BCUT2D eigenvalue weighted by atomic mass is 32.2. The molecule has 0 aromatic carbocycles. The van der Waals surface area contributed by atoms with Gasteiger partial charge in [-0.05, 0) is 0 Å². The highest BCUT2D eigenvalue weighted by Gasteiger charge is 2.38. The largest absolute Gasteiger partial charge is 0.480 e. The monoisotopic (exact) mass is 272 g/mol. The molecule has 18 heavy (non-hydrogen) atoms. The zero-order valence-corrected chi connectivity index (χ0v) is 10.2. The van der Waals surface area contributed by atoms with E-state index in [4.69, 9.17) is 5.11 Å². The van der Waals surface area contributed by atoms with Crippen LogP contribution in [0.5, 0.6) is 0 Å². The van der Waals surface area contributed by atoms with Gasteiger partial charge in [0.2, 0.25) is 0 Å². The summed E-state index contributed by atoms with van der Waals surface area (Å²) in [7, 11) is -3.92. The molecule has 9 heteroatoms. The molecule has 1 aromatic heterocycles. The number of rotatable bonds is 3. The number of carboxylic acid groups (broad SMARTS) is 1. The second-order valence-electron chi connectivity index (χ2n) is 3.72. The fourth-order valence-electron chi connectivity index (χ4n) is 1.72. The van der Waals surface area contributed by atoms with Crippen molar-refractivity contribution in [1.82, 2.24) is 19.6 Å². The number of sulfonamides is 1. The Kier molecular flexibility index (Phi) is 3.55. The molecule has 0 saturated carbocycles. The smallest absolute Gasteiger partial charge is 0.323 e. The molecule has 1 saturated heterocycles. The Morgan fingerprint density at radius 3 is 2.89 bits per heavy atom. The zero-order chi connectivity index (χ0) is 13.2. The second kappa shape index (κ2) is 4.96. The van der Waals surface area contributed by atoms with Gasteiger partial charge in [0.25, 0.3) is 10.0 Å². The summed E-state index contributed by atoms with van der Waals surface area (Å²) in [5, 5.41) is 11.6. The molecule has 98 valence electrons. The predicted molar refractivity (Wildman–Crippen MR) is 60.2 cm³/mol. The molecule has 8 nitrogen and oxygen atoms in total. The van der Waals surface area contributed by atoms with Crippen LogP contribution < -0.4 is 5.32 Å². The Morgan fingerprint density at radius 2 is 2.28 bits per heavy atom. The van der Waals surface area contributed by atoms with Crippen LogP contribution in [0.15, 0.2) is 23.6 Å². The first kappa shape index (κ1) is 12.9. The molecule has 0 bridgehead atoms. The molecule has 2 heterocycles.